The van der Waals surface area contributed by atoms with E-state index in [1.807, 2.05) is 0 Å². The van der Waals surface area contributed by atoms with Gasteiger partial charge in [-0.2, -0.15) is 5.26 Å². The third-order valence-electron chi connectivity index (χ3n) is 2.87. The summed E-state index contributed by atoms with van der Waals surface area (Å²) in [4.78, 5) is 12.0. The molecule has 0 unspecified atom stereocenters. The fraction of sp³-hybridized carbons (Fsp3) is 0.125. The number of nitrogens with zero attached hydrogens (tertiary/aromatic N) is 1. The van der Waals surface area contributed by atoms with Crippen LogP contribution in [0.5, 0.6) is 0 Å². The highest BCUT2D eigenvalue weighted by Gasteiger charge is 2.16. The van der Waals surface area contributed by atoms with Gasteiger partial charge in [-0.15, -0.1) is 0 Å². The van der Waals surface area contributed by atoms with Crippen molar-refractivity contribution in [2.24, 2.45) is 0 Å². The van der Waals surface area contributed by atoms with Gasteiger partial charge in [0.25, 0.3) is 10.0 Å². The zero-order valence-corrected chi connectivity index (χ0v) is 13.1. The summed E-state index contributed by atoms with van der Waals surface area (Å²) in [5.74, 6) is -0.695. The number of esters is 1. The summed E-state index contributed by atoms with van der Waals surface area (Å²) in [6.45, 7) is 1.44. The number of hydrogen-bond acceptors (Lipinski definition) is 5. The number of ether oxygens (including phenoxy) is 1. The molecule has 0 amide bonds. The topological polar surface area (TPSA) is 96.3 Å². The molecule has 6 nitrogen and oxygen atoms in total. The first-order chi connectivity index (χ1) is 10.9. The summed E-state index contributed by atoms with van der Waals surface area (Å²) in [6, 6.07) is 15.5. The predicted molar refractivity (Wildman–Crippen MR) is 84.2 cm³/mol. The van der Waals surface area contributed by atoms with E-state index in [0.29, 0.717) is 0 Å². The first kappa shape index (κ1) is 16.5. The summed E-state index contributed by atoms with van der Waals surface area (Å²) in [7, 11) is -3.74. The highest BCUT2D eigenvalue weighted by molar-refractivity contribution is 7.92. The SMILES string of the molecule is C[C@H](C#N)OC(=O)c1cccc(NS(=O)(=O)c2ccccc2)c1. The average Bonchev–Trinajstić information content (AvgIpc) is 2.55. The Morgan fingerprint density at radius 1 is 1.17 bits per heavy atom. The Morgan fingerprint density at radius 2 is 1.87 bits per heavy atom. The Balaban J connectivity index is 2.21. The molecule has 0 radical (unpaired) electrons. The van der Waals surface area contributed by atoms with Gasteiger partial charge in [0.1, 0.15) is 6.07 Å². The van der Waals surface area contributed by atoms with E-state index in [1.54, 1.807) is 24.3 Å². The first-order valence-corrected chi connectivity index (χ1v) is 8.19. The van der Waals surface area contributed by atoms with E-state index in [4.69, 9.17) is 10.00 Å². The van der Waals surface area contributed by atoms with E-state index in [9.17, 15) is 13.2 Å². The lowest BCUT2D eigenvalue weighted by Gasteiger charge is -2.10. The second kappa shape index (κ2) is 6.94. The van der Waals surface area contributed by atoms with E-state index in [0.717, 1.165) is 0 Å². The van der Waals surface area contributed by atoms with Crippen LogP contribution in [0.3, 0.4) is 0 Å². The Hall–Kier alpha value is -2.85. The van der Waals surface area contributed by atoms with Gasteiger partial charge in [0.15, 0.2) is 6.10 Å². The molecule has 0 aromatic heterocycles. The summed E-state index contributed by atoms with van der Waals surface area (Å²) in [6.07, 6.45) is -0.882. The molecule has 0 heterocycles. The number of carbonyl (C=O) groups excluding carboxylic acids is 1. The van der Waals surface area contributed by atoms with Gasteiger partial charge < -0.3 is 4.74 Å². The fourth-order valence-corrected chi connectivity index (χ4v) is 2.85. The van der Waals surface area contributed by atoms with Crippen molar-refractivity contribution in [2.45, 2.75) is 17.9 Å². The van der Waals surface area contributed by atoms with Crippen LogP contribution >= 0.6 is 0 Å². The van der Waals surface area contributed by atoms with E-state index in [-0.39, 0.29) is 16.1 Å². The summed E-state index contributed by atoms with van der Waals surface area (Å²) in [5, 5.41) is 8.65. The van der Waals surface area contributed by atoms with Gasteiger partial charge in [-0.1, -0.05) is 24.3 Å². The van der Waals surface area contributed by atoms with Crippen LogP contribution in [0.25, 0.3) is 0 Å². The number of carbonyl (C=O) groups is 1. The van der Waals surface area contributed by atoms with Gasteiger partial charge in [0.2, 0.25) is 0 Å². The van der Waals surface area contributed by atoms with E-state index >= 15 is 0 Å². The monoisotopic (exact) mass is 330 g/mol. The molecular formula is C16H14N2O4S. The van der Waals surface area contributed by atoms with Crippen LogP contribution in [0, 0.1) is 11.3 Å². The zero-order chi connectivity index (χ0) is 16.9. The van der Waals surface area contributed by atoms with Crippen LogP contribution < -0.4 is 4.72 Å². The molecule has 23 heavy (non-hydrogen) atoms. The van der Waals surface area contributed by atoms with E-state index < -0.39 is 22.1 Å². The number of sulfonamides is 1. The maximum absolute atomic E-state index is 12.2. The highest BCUT2D eigenvalue weighted by Crippen LogP contribution is 2.17. The molecule has 0 aliphatic carbocycles. The van der Waals surface area contributed by atoms with Crippen molar-refractivity contribution in [3.05, 3.63) is 60.2 Å². The quantitative estimate of drug-likeness (QED) is 0.850. The maximum atomic E-state index is 12.2. The Bertz CT molecular complexity index is 842. The number of hydrogen-bond donors (Lipinski definition) is 1. The van der Waals surface area contributed by atoms with Crippen LogP contribution in [-0.2, 0) is 14.8 Å². The van der Waals surface area contributed by atoms with Crippen LogP contribution in [0.1, 0.15) is 17.3 Å². The van der Waals surface area contributed by atoms with Crippen molar-refractivity contribution >= 4 is 21.7 Å². The van der Waals surface area contributed by atoms with Gasteiger partial charge in [-0.3, -0.25) is 4.72 Å². The van der Waals surface area contributed by atoms with Gasteiger partial charge in [-0.25, -0.2) is 13.2 Å². The van der Waals surface area contributed by atoms with Crippen molar-refractivity contribution < 1.29 is 17.9 Å². The van der Waals surface area contributed by atoms with Crippen LogP contribution in [0.15, 0.2) is 59.5 Å². The third-order valence-corrected chi connectivity index (χ3v) is 4.27. The lowest BCUT2D eigenvalue weighted by molar-refractivity contribution is 0.0435. The molecule has 0 aliphatic rings. The minimum absolute atomic E-state index is 0.117. The molecule has 2 aromatic carbocycles. The smallest absolute Gasteiger partial charge is 0.339 e. The largest absolute Gasteiger partial charge is 0.444 e. The average molecular weight is 330 g/mol. The molecule has 0 saturated carbocycles. The highest BCUT2D eigenvalue weighted by atomic mass is 32.2. The number of nitriles is 1. The predicted octanol–water partition coefficient (Wildman–Crippen LogP) is 2.56. The minimum Gasteiger partial charge on any atom is -0.444 e. The fourth-order valence-electron chi connectivity index (χ4n) is 1.78. The van der Waals surface area contributed by atoms with Gasteiger partial charge in [0.05, 0.1) is 10.5 Å². The maximum Gasteiger partial charge on any atom is 0.339 e. The van der Waals surface area contributed by atoms with Gasteiger partial charge in [0, 0.05) is 5.69 Å². The lowest BCUT2D eigenvalue weighted by atomic mass is 10.2. The molecule has 0 fully saturated rings. The second-order valence-corrected chi connectivity index (χ2v) is 6.36. The van der Waals surface area contributed by atoms with Crippen molar-refractivity contribution in [3.63, 3.8) is 0 Å². The Morgan fingerprint density at radius 3 is 2.52 bits per heavy atom. The standard InChI is InChI=1S/C16H14N2O4S/c1-12(11-17)22-16(19)13-6-5-7-14(10-13)18-23(20,21)15-8-3-2-4-9-15/h2-10,12,18H,1H3/t12-/m1/s1. The van der Waals surface area contributed by atoms with E-state index in [1.165, 1.54) is 43.3 Å². The zero-order valence-electron chi connectivity index (χ0n) is 12.3. The molecule has 0 aliphatic heterocycles. The van der Waals surface area contributed by atoms with Crippen LogP contribution in [0.2, 0.25) is 0 Å². The molecule has 2 rings (SSSR count). The lowest BCUT2D eigenvalue weighted by Crippen LogP contribution is -2.15. The molecule has 7 heteroatoms. The summed E-state index contributed by atoms with van der Waals surface area (Å²) < 4.78 is 31.7. The number of benzene rings is 2. The van der Waals surface area contributed by atoms with E-state index in [2.05, 4.69) is 4.72 Å². The molecule has 1 N–H and O–H groups in total. The van der Waals surface area contributed by atoms with Crippen molar-refractivity contribution in [2.75, 3.05) is 4.72 Å². The molecule has 0 saturated heterocycles. The molecule has 2 aromatic rings. The van der Waals surface area contributed by atoms with Crippen molar-refractivity contribution in [1.82, 2.24) is 0 Å². The molecule has 0 bridgehead atoms. The van der Waals surface area contributed by atoms with Gasteiger partial charge >= 0.3 is 5.97 Å². The normalized spacial score (nSPS) is 12.0. The van der Waals surface area contributed by atoms with Gasteiger partial charge in [-0.05, 0) is 37.3 Å². The number of anilines is 1. The van der Waals surface area contributed by atoms with Crippen LogP contribution in [-0.4, -0.2) is 20.5 Å². The van der Waals surface area contributed by atoms with Crippen molar-refractivity contribution in [3.8, 4) is 6.07 Å². The number of rotatable bonds is 5. The second-order valence-electron chi connectivity index (χ2n) is 4.68. The minimum atomic E-state index is -3.74. The molecule has 1 atom stereocenters. The summed E-state index contributed by atoms with van der Waals surface area (Å²) >= 11 is 0. The molecule has 118 valence electrons. The first-order valence-electron chi connectivity index (χ1n) is 6.71. The Kier molecular flexibility index (Phi) is 4.98. The number of nitrogens with one attached hydrogen (secondary N) is 1. The molecule has 0 spiro atoms. The van der Waals surface area contributed by atoms with Crippen molar-refractivity contribution in [1.29, 1.82) is 5.26 Å². The molecular weight excluding hydrogens is 316 g/mol. The third kappa shape index (κ3) is 4.31. The van der Waals surface area contributed by atoms with Crippen LogP contribution in [0.4, 0.5) is 5.69 Å². The summed E-state index contributed by atoms with van der Waals surface area (Å²) in [5.41, 5.74) is 0.383. The Labute approximate surface area is 134 Å².